The third-order valence-corrected chi connectivity index (χ3v) is 4.51. The van der Waals surface area contributed by atoms with Gasteiger partial charge in [0.2, 0.25) is 0 Å². The monoisotopic (exact) mass is 224 g/mol. The number of rotatable bonds is 3. The van der Waals surface area contributed by atoms with Crippen molar-refractivity contribution in [3.05, 3.63) is 0 Å². The van der Waals surface area contributed by atoms with Gasteiger partial charge in [-0.1, -0.05) is 0 Å². The minimum atomic E-state index is 0.481. The van der Waals surface area contributed by atoms with Crippen LogP contribution in [0, 0.1) is 11.8 Å². The molecule has 92 valence electrons. The van der Waals surface area contributed by atoms with Crippen LogP contribution in [0.4, 0.5) is 0 Å². The average Bonchev–Trinajstić information content (AvgIpc) is 3.06. The summed E-state index contributed by atoms with van der Waals surface area (Å²) in [4.78, 5) is 2.66. The molecule has 0 spiro atoms. The quantitative estimate of drug-likeness (QED) is 0.777. The minimum Gasteiger partial charge on any atom is -0.378 e. The van der Waals surface area contributed by atoms with E-state index in [0.29, 0.717) is 6.10 Å². The zero-order valence-electron chi connectivity index (χ0n) is 10.3. The predicted octanol–water partition coefficient (Wildman–Crippen LogP) is 1.10. The van der Waals surface area contributed by atoms with Crippen LogP contribution in [0.3, 0.4) is 0 Å². The van der Waals surface area contributed by atoms with Gasteiger partial charge in [-0.2, -0.15) is 0 Å². The van der Waals surface area contributed by atoms with Crippen molar-refractivity contribution in [3.63, 3.8) is 0 Å². The lowest BCUT2D eigenvalue weighted by Crippen LogP contribution is -2.53. The number of piperazine rings is 1. The Morgan fingerprint density at radius 3 is 2.88 bits per heavy atom. The smallest absolute Gasteiger partial charge is 0.0588 e. The second-order valence-electron chi connectivity index (χ2n) is 5.78. The maximum absolute atomic E-state index is 5.65. The molecule has 3 unspecified atom stereocenters. The molecular formula is C13H24N2O. The zero-order chi connectivity index (χ0) is 11.0. The number of hydrogen-bond donors (Lipinski definition) is 1. The summed E-state index contributed by atoms with van der Waals surface area (Å²) in [6.07, 6.45) is 4.65. The Hall–Kier alpha value is -0.120. The van der Waals surface area contributed by atoms with Crippen LogP contribution in [0.1, 0.15) is 26.2 Å². The van der Waals surface area contributed by atoms with Gasteiger partial charge in [0.25, 0.3) is 0 Å². The maximum atomic E-state index is 5.65. The molecule has 0 aromatic heterocycles. The molecule has 3 rings (SSSR count). The lowest BCUT2D eigenvalue weighted by atomic mass is 10.0. The number of nitrogens with zero attached hydrogens (tertiary/aromatic N) is 1. The number of nitrogens with one attached hydrogen (secondary N) is 1. The van der Waals surface area contributed by atoms with Gasteiger partial charge in [-0.3, -0.25) is 0 Å². The Morgan fingerprint density at radius 1 is 1.31 bits per heavy atom. The first-order chi connectivity index (χ1) is 7.83. The Morgan fingerprint density at radius 2 is 2.19 bits per heavy atom. The molecule has 2 saturated heterocycles. The van der Waals surface area contributed by atoms with E-state index >= 15 is 0 Å². The fourth-order valence-electron chi connectivity index (χ4n) is 3.17. The maximum Gasteiger partial charge on any atom is 0.0588 e. The molecule has 1 aliphatic carbocycles. The second-order valence-corrected chi connectivity index (χ2v) is 5.78. The molecule has 2 heterocycles. The van der Waals surface area contributed by atoms with E-state index in [9.17, 15) is 0 Å². The Bertz CT molecular complexity index is 242. The highest BCUT2D eigenvalue weighted by atomic mass is 16.5. The van der Waals surface area contributed by atoms with Crippen molar-refractivity contribution in [2.45, 2.75) is 38.3 Å². The van der Waals surface area contributed by atoms with E-state index in [1.807, 2.05) is 0 Å². The van der Waals surface area contributed by atoms with Crippen LogP contribution in [-0.4, -0.2) is 49.8 Å². The fourth-order valence-corrected chi connectivity index (χ4v) is 3.17. The van der Waals surface area contributed by atoms with Crippen molar-refractivity contribution in [2.75, 3.05) is 32.8 Å². The third-order valence-electron chi connectivity index (χ3n) is 4.51. The van der Waals surface area contributed by atoms with Crippen LogP contribution in [0.25, 0.3) is 0 Å². The Kier molecular flexibility index (Phi) is 3.18. The van der Waals surface area contributed by atoms with E-state index < -0.39 is 0 Å². The summed E-state index contributed by atoms with van der Waals surface area (Å²) in [6.45, 7) is 8.15. The van der Waals surface area contributed by atoms with Crippen molar-refractivity contribution >= 4 is 0 Å². The van der Waals surface area contributed by atoms with Gasteiger partial charge in [0.15, 0.2) is 0 Å². The zero-order valence-corrected chi connectivity index (χ0v) is 10.3. The van der Waals surface area contributed by atoms with Gasteiger partial charge in [-0.25, -0.2) is 0 Å². The molecule has 3 heteroatoms. The van der Waals surface area contributed by atoms with Crippen LogP contribution in [-0.2, 0) is 4.74 Å². The van der Waals surface area contributed by atoms with Crippen LogP contribution >= 0.6 is 0 Å². The fraction of sp³-hybridized carbons (Fsp3) is 1.00. The van der Waals surface area contributed by atoms with E-state index in [4.69, 9.17) is 4.74 Å². The van der Waals surface area contributed by atoms with Crippen molar-refractivity contribution in [3.8, 4) is 0 Å². The summed E-state index contributed by atoms with van der Waals surface area (Å²) in [7, 11) is 0. The summed E-state index contributed by atoms with van der Waals surface area (Å²) in [5, 5.41) is 3.67. The molecule has 1 saturated carbocycles. The van der Waals surface area contributed by atoms with Crippen LogP contribution in [0.5, 0.6) is 0 Å². The molecule has 2 aliphatic heterocycles. The molecule has 3 aliphatic rings. The molecule has 0 bridgehead atoms. The average molecular weight is 224 g/mol. The van der Waals surface area contributed by atoms with E-state index in [2.05, 4.69) is 17.1 Å². The SMILES string of the molecule is CC1OCCC1CN1CCNC(C2CC2)C1. The molecule has 0 aromatic carbocycles. The van der Waals surface area contributed by atoms with E-state index in [0.717, 1.165) is 24.5 Å². The summed E-state index contributed by atoms with van der Waals surface area (Å²) < 4.78 is 5.65. The highest BCUT2D eigenvalue weighted by molar-refractivity contribution is 4.92. The Balaban J connectivity index is 1.50. The molecule has 0 aromatic rings. The van der Waals surface area contributed by atoms with Gasteiger partial charge in [-0.05, 0) is 38.0 Å². The highest BCUT2D eigenvalue weighted by Crippen LogP contribution is 2.34. The van der Waals surface area contributed by atoms with Gasteiger partial charge >= 0.3 is 0 Å². The number of hydrogen-bond acceptors (Lipinski definition) is 3. The van der Waals surface area contributed by atoms with E-state index in [-0.39, 0.29) is 0 Å². The van der Waals surface area contributed by atoms with Crippen LogP contribution in [0.2, 0.25) is 0 Å². The minimum absolute atomic E-state index is 0.481. The molecule has 16 heavy (non-hydrogen) atoms. The summed E-state index contributed by atoms with van der Waals surface area (Å²) in [6, 6.07) is 0.784. The Labute approximate surface area is 98.5 Å². The lowest BCUT2D eigenvalue weighted by molar-refractivity contribution is 0.0849. The van der Waals surface area contributed by atoms with Gasteiger partial charge in [0.05, 0.1) is 6.10 Å². The summed E-state index contributed by atoms with van der Waals surface area (Å²) in [5.41, 5.74) is 0. The number of ether oxygens (including phenoxy) is 1. The van der Waals surface area contributed by atoms with Crippen molar-refractivity contribution < 1.29 is 4.74 Å². The lowest BCUT2D eigenvalue weighted by Gasteiger charge is -2.35. The van der Waals surface area contributed by atoms with Gasteiger partial charge in [-0.15, -0.1) is 0 Å². The van der Waals surface area contributed by atoms with Crippen LogP contribution in [0.15, 0.2) is 0 Å². The summed E-state index contributed by atoms with van der Waals surface area (Å²) >= 11 is 0. The first-order valence-corrected chi connectivity index (χ1v) is 6.90. The predicted molar refractivity (Wildman–Crippen MR) is 64.5 cm³/mol. The van der Waals surface area contributed by atoms with E-state index in [1.54, 1.807) is 0 Å². The van der Waals surface area contributed by atoms with Crippen molar-refractivity contribution in [1.82, 2.24) is 10.2 Å². The van der Waals surface area contributed by atoms with E-state index in [1.165, 1.54) is 45.4 Å². The second kappa shape index (κ2) is 4.63. The first kappa shape index (κ1) is 11.0. The van der Waals surface area contributed by atoms with Crippen molar-refractivity contribution in [2.24, 2.45) is 11.8 Å². The molecule has 0 amide bonds. The van der Waals surface area contributed by atoms with Gasteiger partial charge in [0.1, 0.15) is 0 Å². The molecule has 0 radical (unpaired) electrons. The van der Waals surface area contributed by atoms with Gasteiger partial charge in [0, 0.05) is 38.8 Å². The molecule has 1 N–H and O–H groups in total. The van der Waals surface area contributed by atoms with Crippen molar-refractivity contribution in [1.29, 1.82) is 0 Å². The molecule has 3 atom stereocenters. The third kappa shape index (κ3) is 2.41. The first-order valence-electron chi connectivity index (χ1n) is 6.90. The summed E-state index contributed by atoms with van der Waals surface area (Å²) in [5.74, 6) is 1.76. The van der Waals surface area contributed by atoms with Gasteiger partial charge < -0.3 is 15.0 Å². The van der Waals surface area contributed by atoms with Crippen LogP contribution < -0.4 is 5.32 Å². The topological polar surface area (TPSA) is 24.5 Å². The molecule has 3 fully saturated rings. The standard InChI is InChI=1S/C13H24N2O/c1-10-12(4-7-16-10)8-15-6-5-14-13(9-15)11-2-3-11/h10-14H,2-9H2,1H3. The molecule has 3 nitrogen and oxygen atoms in total. The normalized spacial score (nSPS) is 41.4. The molecular weight excluding hydrogens is 200 g/mol. The highest BCUT2D eigenvalue weighted by Gasteiger charge is 2.35. The largest absolute Gasteiger partial charge is 0.378 e.